The molecule has 9 heteroatoms. The zero-order valence-electron chi connectivity index (χ0n) is 19.2. The third-order valence-electron chi connectivity index (χ3n) is 5.24. The molecule has 0 aliphatic rings. The highest BCUT2D eigenvalue weighted by molar-refractivity contribution is 6.03. The third kappa shape index (κ3) is 5.30. The van der Waals surface area contributed by atoms with Gasteiger partial charge in [-0.1, -0.05) is 48.5 Å². The molecule has 0 aliphatic heterocycles. The van der Waals surface area contributed by atoms with Crippen LogP contribution in [0.5, 0.6) is 11.5 Å². The van der Waals surface area contributed by atoms with E-state index < -0.39 is 18.5 Å². The molecular weight excluding hydrogens is 450 g/mol. The summed E-state index contributed by atoms with van der Waals surface area (Å²) in [7, 11) is 3.00. The van der Waals surface area contributed by atoms with Crippen molar-refractivity contribution in [3.05, 3.63) is 94.4 Å². The van der Waals surface area contributed by atoms with Crippen LogP contribution in [-0.2, 0) is 16.1 Å². The molecule has 1 N–H and O–H groups in total. The van der Waals surface area contributed by atoms with E-state index in [1.54, 1.807) is 42.5 Å². The number of methoxy groups -OCH3 is 2. The molecule has 0 unspecified atom stereocenters. The van der Waals surface area contributed by atoms with Gasteiger partial charge in [0.2, 0.25) is 0 Å². The first-order valence-electron chi connectivity index (χ1n) is 10.7. The number of nitrogens with zero attached hydrogens (tertiary/aromatic N) is 2. The normalized spacial score (nSPS) is 10.6. The monoisotopic (exact) mass is 473 g/mol. The predicted molar refractivity (Wildman–Crippen MR) is 130 cm³/mol. The molecule has 35 heavy (non-hydrogen) atoms. The molecule has 0 fully saturated rings. The Hall–Kier alpha value is -4.66. The molecule has 4 aromatic rings. The van der Waals surface area contributed by atoms with Crippen molar-refractivity contribution in [3.8, 4) is 11.5 Å². The highest BCUT2D eigenvalue weighted by atomic mass is 16.5. The number of carbonyl (C=O) groups excluding carboxylic acids is 2. The predicted octanol–water partition coefficient (Wildman–Crippen LogP) is 3.26. The van der Waals surface area contributed by atoms with Gasteiger partial charge >= 0.3 is 5.97 Å². The Morgan fingerprint density at radius 3 is 2.29 bits per heavy atom. The number of benzene rings is 3. The van der Waals surface area contributed by atoms with Gasteiger partial charge in [0.1, 0.15) is 0 Å². The first kappa shape index (κ1) is 23.5. The summed E-state index contributed by atoms with van der Waals surface area (Å²) in [4.78, 5) is 38.2. The Morgan fingerprint density at radius 2 is 1.57 bits per heavy atom. The molecule has 0 aliphatic carbocycles. The lowest BCUT2D eigenvalue weighted by atomic mass is 10.1. The van der Waals surface area contributed by atoms with Crippen molar-refractivity contribution in [2.75, 3.05) is 26.1 Å². The fourth-order valence-electron chi connectivity index (χ4n) is 3.56. The minimum Gasteiger partial charge on any atom is -0.493 e. The van der Waals surface area contributed by atoms with Crippen LogP contribution in [0.15, 0.2) is 77.6 Å². The topological polar surface area (TPSA) is 109 Å². The fraction of sp³-hybridized carbons (Fsp3) is 0.154. The number of aromatic nitrogens is 2. The highest BCUT2D eigenvalue weighted by Crippen LogP contribution is 2.29. The number of rotatable bonds is 8. The number of amides is 1. The fourth-order valence-corrected chi connectivity index (χ4v) is 3.56. The van der Waals surface area contributed by atoms with Crippen molar-refractivity contribution in [2.45, 2.75) is 6.54 Å². The summed E-state index contributed by atoms with van der Waals surface area (Å²) in [5, 5.41) is 7.59. The van der Waals surface area contributed by atoms with Crippen LogP contribution in [0.2, 0.25) is 0 Å². The van der Waals surface area contributed by atoms with Crippen LogP contribution in [0.4, 0.5) is 5.69 Å². The van der Waals surface area contributed by atoms with Crippen molar-refractivity contribution in [2.24, 2.45) is 0 Å². The number of hydrogen-bond donors (Lipinski definition) is 1. The zero-order valence-corrected chi connectivity index (χ0v) is 19.2. The molecule has 1 amide bonds. The SMILES string of the molecule is COc1ccc(NC(=O)COC(=O)c2nn(Cc3ccccc3)c(=O)c3ccccc23)cc1OC. The van der Waals surface area contributed by atoms with Gasteiger partial charge in [-0.05, 0) is 23.8 Å². The molecule has 9 nitrogen and oxygen atoms in total. The molecule has 0 bridgehead atoms. The number of hydrogen-bond acceptors (Lipinski definition) is 7. The Labute approximate surface area is 200 Å². The lowest BCUT2D eigenvalue weighted by molar-refractivity contribution is -0.119. The second kappa shape index (κ2) is 10.5. The summed E-state index contributed by atoms with van der Waals surface area (Å²) in [5.41, 5.74) is 0.928. The highest BCUT2D eigenvalue weighted by Gasteiger charge is 2.19. The summed E-state index contributed by atoms with van der Waals surface area (Å²) in [6.45, 7) is -0.356. The van der Waals surface area contributed by atoms with Gasteiger partial charge in [0.05, 0.1) is 26.2 Å². The van der Waals surface area contributed by atoms with E-state index in [2.05, 4.69) is 10.4 Å². The van der Waals surface area contributed by atoms with Crippen molar-refractivity contribution in [1.82, 2.24) is 9.78 Å². The van der Waals surface area contributed by atoms with Gasteiger partial charge in [0.15, 0.2) is 23.8 Å². The number of anilines is 1. The number of ether oxygens (including phenoxy) is 3. The zero-order chi connectivity index (χ0) is 24.8. The summed E-state index contributed by atoms with van der Waals surface area (Å²) in [6, 6.07) is 20.8. The van der Waals surface area contributed by atoms with E-state index in [9.17, 15) is 14.4 Å². The Balaban J connectivity index is 1.53. The van der Waals surface area contributed by atoms with Gasteiger partial charge in [0, 0.05) is 17.1 Å². The maximum Gasteiger partial charge on any atom is 0.359 e. The molecule has 4 rings (SSSR count). The van der Waals surface area contributed by atoms with Crippen molar-refractivity contribution >= 4 is 28.3 Å². The Kier molecular flexibility index (Phi) is 7.06. The number of fused-ring (bicyclic) bond motifs is 1. The molecule has 0 spiro atoms. The molecule has 0 saturated heterocycles. The van der Waals surface area contributed by atoms with Crippen LogP contribution < -0.4 is 20.3 Å². The molecule has 1 heterocycles. The quantitative estimate of drug-likeness (QED) is 0.391. The third-order valence-corrected chi connectivity index (χ3v) is 5.24. The molecule has 0 radical (unpaired) electrons. The van der Waals surface area contributed by atoms with E-state index >= 15 is 0 Å². The van der Waals surface area contributed by atoms with Gasteiger partial charge in [-0.25, -0.2) is 9.48 Å². The maximum atomic E-state index is 12.9. The average Bonchev–Trinajstić information content (AvgIpc) is 2.89. The van der Waals surface area contributed by atoms with Crippen LogP contribution in [0.25, 0.3) is 10.8 Å². The van der Waals surface area contributed by atoms with Crippen LogP contribution in [0.3, 0.4) is 0 Å². The largest absolute Gasteiger partial charge is 0.493 e. The van der Waals surface area contributed by atoms with Crippen LogP contribution in [-0.4, -0.2) is 42.5 Å². The molecule has 1 aromatic heterocycles. The molecule has 178 valence electrons. The first-order chi connectivity index (χ1) is 17.0. The molecular formula is C26H23N3O6. The van der Waals surface area contributed by atoms with Gasteiger partial charge in [-0.15, -0.1) is 0 Å². The second-order valence-electron chi connectivity index (χ2n) is 7.54. The minimum atomic E-state index is -0.814. The van der Waals surface area contributed by atoms with Crippen molar-refractivity contribution in [3.63, 3.8) is 0 Å². The van der Waals surface area contributed by atoms with E-state index in [-0.39, 0.29) is 17.8 Å². The van der Waals surface area contributed by atoms with Crippen LogP contribution in [0, 0.1) is 0 Å². The van der Waals surface area contributed by atoms with Crippen LogP contribution >= 0.6 is 0 Å². The maximum absolute atomic E-state index is 12.9. The minimum absolute atomic E-state index is 0.0463. The number of esters is 1. The van der Waals surface area contributed by atoms with Gasteiger partial charge in [0.25, 0.3) is 11.5 Å². The van der Waals surface area contributed by atoms with E-state index in [1.807, 2.05) is 30.3 Å². The van der Waals surface area contributed by atoms with Gasteiger partial charge in [-0.2, -0.15) is 5.10 Å². The first-order valence-corrected chi connectivity index (χ1v) is 10.7. The lowest BCUT2D eigenvalue weighted by Crippen LogP contribution is -2.28. The van der Waals surface area contributed by atoms with Crippen molar-refractivity contribution in [1.29, 1.82) is 0 Å². The molecule has 0 saturated carbocycles. The van der Waals surface area contributed by atoms with Gasteiger partial charge < -0.3 is 19.5 Å². The lowest BCUT2D eigenvalue weighted by Gasteiger charge is -2.12. The Bertz CT molecular complexity index is 1430. The number of nitrogens with one attached hydrogen (secondary N) is 1. The van der Waals surface area contributed by atoms with E-state index in [0.29, 0.717) is 28.0 Å². The summed E-state index contributed by atoms with van der Waals surface area (Å²) < 4.78 is 16.8. The van der Waals surface area contributed by atoms with Crippen molar-refractivity contribution < 1.29 is 23.8 Å². The second-order valence-corrected chi connectivity index (χ2v) is 7.54. The Morgan fingerprint density at radius 1 is 0.886 bits per heavy atom. The molecule has 3 aromatic carbocycles. The van der Waals surface area contributed by atoms with E-state index in [0.717, 1.165) is 5.56 Å². The van der Waals surface area contributed by atoms with E-state index in [4.69, 9.17) is 14.2 Å². The molecule has 0 atom stereocenters. The number of carbonyl (C=O) groups is 2. The van der Waals surface area contributed by atoms with Crippen LogP contribution in [0.1, 0.15) is 16.1 Å². The van der Waals surface area contributed by atoms with E-state index in [1.165, 1.54) is 18.9 Å². The average molecular weight is 473 g/mol. The summed E-state index contributed by atoms with van der Waals surface area (Å²) in [5.74, 6) is -0.405. The smallest absolute Gasteiger partial charge is 0.359 e. The van der Waals surface area contributed by atoms with Gasteiger partial charge in [-0.3, -0.25) is 9.59 Å². The summed E-state index contributed by atoms with van der Waals surface area (Å²) >= 11 is 0. The summed E-state index contributed by atoms with van der Waals surface area (Å²) in [6.07, 6.45) is 0. The standard InChI is InChI=1S/C26H23N3O6/c1-33-21-13-12-18(14-22(21)34-2)27-23(30)16-35-26(32)24-19-10-6-7-11-20(19)25(31)29(28-24)15-17-8-4-3-5-9-17/h3-14H,15-16H2,1-2H3,(H,27,30).